The average molecular weight is 450 g/mol. The van der Waals surface area contributed by atoms with E-state index in [4.69, 9.17) is 15.8 Å². The van der Waals surface area contributed by atoms with Gasteiger partial charge in [0.25, 0.3) is 0 Å². The van der Waals surface area contributed by atoms with Crippen molar-refractivity contribution in [2.75, 3.05) is 7.11 Å². The maximum Gasteiger partial charge on any atom is 0.337 e. The van der Waals surface area contributed by atoms with Crippen molar-refractivity contribution in [3.05, 3.63) is 87.8 Å². The summed E-state index contributed by atoms with van der Waals surface area (Å²) in [6.07, 6.45) is 2.45. The van der Waals surface area contributed by atoms with Crippen molar-refractivity contribution in [3.8, 4) is 5.06 Å². The molecule has 0 spiro atoms. The van der Waals surface area contributed by atoms with Crippen LogP contribution >= 0.6 is 35.2 Å². The molecule has 1 aromatic heterocycles. The van der Waals surface area contributed by atoms with Crippen molar-refractivity contribution in [1.82, 2.24) is 4.72 Å². The van der Waals surface area contributed by atoms with Gasteiger partial charge in [0.05, 0.1) is 17.0 Å². The Morgan fingerprint density at radius 2 is 1.76 bits per heavy atom. The molecule has 0 fully saturated rings. The largest absolute Gasteiger partial charge is 0.465 e. The number of rotatable bonds is 8. The van der Waals surface area contributed by atoms with Crippen LogP contribution in [0.5, 0.6) is 5.06 Å². The second-order valence-corrected chi connectivity index (χ2v) is 8.27. The zero-order chi connectivity index (χ0) is 20.9. The van der Waals surface area contributed by atoms with Crippen molar-refractivity contribution in [3.63, 3.8) is 0 Å². The number of hydrogen-bond donors (Lipinski definition) is 1. The van der Waals surface area contributed by atoms with Crippen LogP contribution in [0.4, 0.5) is 0 Å². The fourth-order valence-electron chi connectivity index (χ4n) is 2.34. The third-order valence-electron chi connectivity index (χ3n) is 3.76. The Kier molecular flexibility index (Phi) is 10.7. The SMILES string of the molecule is CCCc1ccccc1.COC(=O)c1ccc(CNSOc2ccc(Cl)s2)cc1. The van der Waals surface area contributed by atoms with Crippen molar-refractivity contribution in [2.45, 2.75) is 26.3 Å². The second kappa shape index (κ2) is 13.3. The number of benzene rings is 2. The number of thiophene rings is 1. The molecule has 0 aliphatic heterocycles. The van der Waals surface area contributed by atoms with Crippen molar-refractivity contribution in [1.29, 1.82) is 0 Å². The molecule has 1 heterocycles. The molecule has 29 heavy (non-hydrogen) atoms. The first kappa shape index (κ1) is 23.3. The number of esters is 1. The van der Waals surface area contributed by atoms with E-state index in [0.29, 0.717) is 16.4 Å². The fraction of sp³-hybridized carbons (Fsp3) is 0.227. The minimum atomic E-state index is -0.336. The number of carbonyl (C=O) groups excluding carboxylic acids is 1. The van der Waals surface area contributed by atoms with Gasteiger partial charge in [-0.25, -0.2) is 9.52 Å². The summed E-state index contributed by atoms with van der Waals surface area (Å²) in [5.74, 6) is -0.336. The standard InChI is InChI=1S/C13H12ClNO3S2.C9H12/c1-17-13(16)10-4-2-9(3-5-10)8-15-20-18-12-7-6-11(14)19-12;1-2-6-9-7-4-3-5-8-9/h2-7,15H,8H2,1H3;3-5,7-8H,2,6H2,1H3. The Morgan fingerprint density at radius 3 is 2.34 bits per heavy atom. The molecule has 0 aliphatic rings. The van der Waals surface area contributed by atoms with Gasteiger partial charge in [0.15, 0.2) is 5.06 Å². The Balaban J connectivity index is 0.000000278. The maximum absolute atomic E-state index is 11.3. The summed E-state index contributed by atoms with van der Waals surface area (Å²) in [6.45, 7) is 2.82. The summed E-state index contributed by atoms with van der Waals surface area (Å²) in [6, 6.07) is 21.4. The number of aryl methyl sites for hydroxylation is 1. The first-order valence-electron chi connectivity index (χ1n) is 9.15. The summed E-state index contributed by atoms with van der Waals surface area (Å²) in [7, 11) is 1.36. The molecule has 1 N–H and O–H groups in total. The van der Waals surface area contributed by atoms with E-state index in [2.05, 4.69) is 46.7 Å². The minimum Gasteiger partial charge on any atom is -0.465 e. The van der Waals surface area contributed by atoms with E-state index in [1.165, 1.54) is 36.9 Å². The van der Waals surface area contributed by atoms with Gasteiger partial charge in [-0.15, -0.1) is 0 Å². The van der Waals surface area contributed by atoms with E-state index in [1.807, 2.05) is 18.2 Å². The van der Waals surface area contributed by atoms with Crippen LogP contribution in [0, 0.1) is 0 Å². The van der Waals surface area contributed by atoms with E-state index in [0.717, 1.165) is 22.9 Å². The third-order valence-corrected chi connectivity index (χ3v) is 5.50. The molecule has 3 aromatic rings. The molecule has 0 unspecified atom stereocenters. The molecule has 0 bridgehead atoms. The number of carbonyl (C=O) groups is 1. The first-order valence-corrected chi connectivity index (χ1v) is 11.1. The van der Waals surface area contributed by atoms with Crippen molar-refractivity contribution >= 4 is 41.1 Å². The number of hydrogen-bond acceptors (Lipinski definition) is 6. The molecule has 2 aromatic carbocycles. The van der Waals surface area contributed by atoms with Crippen molar-refractivity contribution in [2.24, 2.45) is 0 Å². The number of ether oxygens (including phenoxy) is 1. The molecule has 0 radical (unpaired) electrons. The van der Waals surface area contributed by atoms with Gasteiger partial charge < -0.3 is 8.92 Å². The zero-order valence-corrected chi connectivity index (χ0v) is 18.8. The molecule has 0 atom stereocenters. The van der Waals surface area contributed by atoms with E-state index < -0.39 is 0 Å². The van der Waals surface area contributed by atoms with E-state index >= 15 is 0 Å². The zero-order valence-electron chi connectivity index (χ0n) is 16.4. The summed E-state index contributed by atoms with van der Waals surface area (Å²) >= 11 is 8.30. The Bertz CT molecular complexity index is 854. The predicted molar refractivity (Wildman–Crippen MR) is 123 cm³/mol. The lowest BCUT2D eigenvalue weighted by molar-refractivity contribution is 0.0600. The smallest absolute Gasteiger partial charge is 0.337 e. The van der Waals surface area contributed by atoms with Crippen LogP contribution < -0.4 is 8.91 Å². The lowest BCUT2D eigenvalue weighted by atomic mass is 10.1. The van der Waals surface area contributed by atoms with Crippen LogP contribution in [0.1, 0.15) is 34.8 Å². The van der Waals surface area contributed by atoms with Gasteiger partial charge in [-0.05, 0) is 41.8 Å². The van der Waals surface area contributed by atoms with E-state index in [9.17, 15) is 4.79 Å². The highest BCUT2D eigenvalue weighted by molar-refractivity contribution is 7.93. The van der Waals surface area contributed by atoms with Gasteiger partial charge in [-0.2, -0.15) is 0 Å². The van der Waals surface area contributed by atoms with Crippen LogP contribution in [0.25, 0.3) is 0 Å². The van der Waals surface area contributed by atoms with Crippen LogP contribution in [-0.2, 0) is 17.7 Å². The quantitative estimate of drug-likeness (QED) is 0.182. The molecule has 3 rings (SSSR count). The Labute approximate surface area is 185 Å². The molecule has 4 nitrogen and oxygen atoms in total. The van der Waals surface area contributed by atoms with Crippen LogP contribution in [0.3, 0.4) is 0 Å². The topological polar surface area (TPSA) is 47.6 Å². The highest BCUT2D eigenvalue weighted by atomic mass is 35.5. The van der Waals surface area contributed by atoms with Gasteiger partial charge in [-0.3, -0.25) is 0 Å². The molecule has 154 valence electrons. The monoisotopic (exact) mass is 449 g/mol. The van der Waals surface area contributed by atoms with Gasteiger partial charge in [0, 0.05) is 6.54 Å². The van der Waals surface area contributed by atoms with Crippen LogP contribution in [0.2, 0.25) is 4.34 Å². The number of methoxy groups -OCH3 is 1. The van der Waals surface area contributed by atoms with Gasteiger partial charge in [0.2, 0.25) is 0 Å². The van der Waals surface area contributed by atoms with E-state index in [-0.39, 0.29) is 5.97 Å². The predicted octanol–water partition coefficient (Wildman–Crippen LogP) is 6.56. The summed E-state index contributed by atoms with van der Waals surface area (Å²) in [4.78, 5) is 11.3. The molecule has 0 saturated heterocycles. The van der Waals surface area contributed by atoms with Crippen LogP contribution in [-0.4, -0.2) is 13.1 Å². The Hall–Kier alpha value is -1.99. The van der Waals surface area contributed by atoms with Crippen molar-refractivity contribution < 1.29 is 13.7 Å². The molecule has 0 amide bonds. The lowest BCUT2D eigenvalue weighted by Gasteiger charge is -2.04. The minimum absolute atomic E-state index is 0.336. The maximum atomic E-state index is 11.3. The highest BCUT2D eigenvalue weighted by Crippen LogP contribution is 2.30. The van der Waals surface area contributed by atoms with Gasteiger partial charge in [0.1, 0.15) is 12.2 Å². The van der Waals surface area contributed by atoms with Gasteiger partial charge >= 0.3 is 5.97 Å². The highest BCUT2D eigenvalue weighted by Gasteiger charge is 2.04. The second-order valence-electron chi connectivity index (χ2n) is 5.97. The lowest BCUT2D eigenvalue weighted by Crippen LogP contribution is -2.06. The van der Waals surface area contributed by atoms with Gasteiger partial charge in [-0.1, -0.05) is 78.7 Å². The van der Waals surface area contributed by atoms with Crippen LogP contribution in [0.15, 0.2) is 66.7 Å². The number of nitrogens with one attached hydrogen (secondary N) is 1. The molecular formula is C22H24ClNO3S2. The molecule has 0 aliphatic carbocycles. The summed E-state index contributed by atoms with van der Waals surface area (Å²) in [5.41, 5.74) is 3.02. The average Bonchev–Trinajstić information content (AvgIpc) is 3.17. The molecule has 7 heteroatoms. The normalized spacial score (nSPS) is 10.0. The summed E-state index contributed by atoms with van der Waals surface area (Å²) < 4.78 is 13.8. The number of halogens is 1. The fourth-order valence-corrected chi connectivity index (χ4v) is 3.75. The summed E-state index contributed by atoms with van der Waals surface area (Å²) in [5, 5.41) is 0.744. The third kappa shape index (κ3) is 8.92. The van der Waals surface area contributed by atoms with E-state index in [1.54, 1.807) is 18.2 Å². The Morgan fingerprint density at radius 1 is 1.03 bits per heavy atom. The molecular weight excluding hydrogens is 426 g/mol. The first-order chi connectivity index (χ1) is 14.1. The molecule has 0 saturated carbocycles.